The van der Waals surface area contributed by atoms with Crippen molar-refractivity contribution in [3.05, 3.63) is 33.8 Å². The van der Waals surface area contributed by atoms with Crippen LogP contribution >= 0.6 is 15.9 Å². The second-order valence-corrected chi connectivity index (χ2v) is 11.1. The highest BCUT2D eigenvalue weighted by Crippen LogP contribution is 2.38. The summed E-state index contributed by atoms with van der Waals surface area (Å²) in [6.07, 6.45) is 2.53. The van der Waals surface area contributed by atoms with E-state index in [1.807, 2.05) is 25.1 Å². The lowest BCUT2D eigenvalue weighted by atomic mass is 9.73. The van der Waals surface area contributed by atoms with Crippen LogP contribution in [-0.4, -0.2) is 44.0 Å². The molecule has 1 fully saturated rings. The number of hydrogen-bond donors (Lipinski definition) is 1. The van der Waals surface area contributed by atoms with Crippen LogP contribution in [0.2, 0.25) is 0 Å². The van der Waals surface area contributed by atoms with Gasteiger partial charge in [0, 0.05) is 24.1 Å². The Morgan fingerprint density at radius 2 is 1.93 bits per heavy atom. The lowest BCUT2D eigenvalue weighted by molar-refractivity contribution is 0.0855. The first-order chi connectivity index (χ1) is 12.6. The molecule has 0 bridgehead atoms. The summed E-state index contributed by atoms with van der Waals surface area (Å²) in [7, 11) is -3.15. The van der Waals surface area contributed by atoms with Crippen LogP contribution in [0.1, 0.15) is 56.0 Å². The Labute approximate surface area is 172 Å². The molecule has 0 unspecified atom stereocenters. The molecule has 5 nitrogen and oxygen atoms in total. The van der Waals surface area contributed by atoms with E-state index in [0.29, 0.717) is 31.1 Å². The maximum atomic E-state index is 12.8. The lowest BCUT2D eigenvalue weighted by Crippen LogP contribution is -2.48. The Morgan fingerprint density at radius 3 is 2.44 bits per heavy atom. The normalized spacial score (nSPS) is 17.9. The van der Waals surface area contributed by atoms with Gasteiger partial charge in [-0.25, -0.2) is 12.7 Å². The second kappa shape index (κ2) is 9.05. The van der Waals surface area contributed by atoms with Crippen molar-refractivity contribution >= 4 is 31.9 Å². The van der Waals surface area contributed by atoms with Gasteiger partial charge in [0.2, 0.25) is 10.0 Å². The minimum absolute atomic E-state index is 0.0568. The second-order valence-electron chi connectivity index (χ2n) is 8.01. The predicted octanol–water partition coefficient (Wildman–Crippen LogP) is 3.97. The van der Waals surface area contributed by atoms with E-state index in [0.717, 1.165) is 29.3 Å². The van der Waals surface area contributed by atoms with Gasteiger partial charge in [0.1, 0.15) is 0 Å². The van der Waals surface area contributed by atoms with Gasteiger partial charge >= 0.3 is 0 Å². The molecule has 1 aliphatic rings. The summed E-state index contributed by atoms with van der Waals surface area (Å²) in [5.41, 5.74) is 1.55. The lowest BCUT2D eigenvalue weighted by Gasteiger charge is -2.42. The highest BCUT2D eigenvalue weighted by molar-refractivity contribution is 9.10. The highest BCUT2D eigenvalue weighted by Gasteiger charge is 2.38. The van der Waals surface area contributed by atoms with Crippen molar-refractivity contribution in [3.8, 4) is 0 Å². The molecule has 7 heteroatoms. The minimum atomic E-state index is -3.15. The number of halogens is 1. The zero-order chi connectivity index (χ0) is 20.2. The summed E-state index contributed by atoms with van der Waals surface area (Å²) in [6.45, 7) is 9.61. The maximum absolute atomic E-state index is 12.8. The van der Waals surface area contributed by atoms with Gasteiger partial charge in [-0.15, -0.1) is 0 Å². The molecule has 0 aromatic heterocycles. The van der Waals surface area contributed by atoms with E-state index in [9.17, 15) is 13.2 Å². The predicted molar refractivity (Wildman–Crippen MR) is 113 cm³/mol. The van der Waals surface area contributed by atoms with Gasteiger partial charge in [-0.05, 0) is 72.0 Å². The smallest absolute Gasteiger partial charge is 0.252 e. The van der Waals surface area contributed by atoms with Gasteiger partial charge in [-0.3, -0.25) is 4.79 Å². The molecule has 0 aliphatic carbocycles. The number of piperidine rings is 1. The number of carbonyl (C=O) groups excluding carboxylic acids is 1. The molecule has 152 valence electrons. The first-order valence-corrected chi connectivity index (χ1v) is 12.0. The molecule has 1 saturated heterocycles. The van der Waals surface area contributed by atoms with E-state index in [1.165, 1.54) is 0 Å². The third-order valence-corrected chi connectivity index (χ3v) is 8.00. The molecule has 2 rings (SSSR count). The van der Waals surface area contributed by atoms with Crippen LogP contribution in [0.3, 0.4) is 0 Å². The quantitative estimate of drug-likeness (QED) is 0.671. The highest BCUT2D eigenvalue weighted by atomic mass is 79.9. The molecule has 1 heterocycles. The number of amides is 1. The van der Waals surface area contributed by atoms with Gasteiger partial charge in [0.15, 0.2) is 0 Å². The number of sulfonamides is 1. The van der Waals surface area contributed by atoms with Crippen molar-refractivity contribution in [3.63, 3.8) is 0 Å². The molecule has 1 aromatic carbocycles. The van der Waals surface area contributed by atoms with Crippen LogP contribution < -0.4 is 5.32 Å². The molecular weight excluding hydrogens is 428 g/mol. The van der Waals surface area contributed by atoms with E-state index in [2.05, 4.69) is 35.1 Å². The van der Waals surface area contributed by atoms with Crippen molar-refractivity contribution in [2.24, 2.45) is 11.3 Å². The van der Waals surface area contributed by atoms with Crippen molar-refractivity contribution in [1.82, 2.24) is 9.62 Å². The van der Waals surface area contributed by atoms with Crippen LogP contribution in [-0.2, 0) is 10.0 Å². The number of aryl methyl sites for hydroxylation is 1. The van der Waals surface area contributed by atoms with Crippen molar-refractivity contribution in [2.45, 2.75) is 47.0 Å². The van der Waals surface area contributed by atoms with Crippen LogP contribution in [0.4, 0.5) is 0 Å². The van der Waals surface area contributed by atoms with E-state index >= 15 is 0 Å². The number of rotatable bonds is 7. The molecule has 1 aliphatic heterocycles. The average molecular weight is 459 g/mol. The largest absolute Gasteiger partial charge is 0.351 e. The number of nitrogens with zero attached hydrogens (tertiary/aromatic N) is 1. The fraction of sp³-hybridized carbons (Fsp3) is 0.650. The zero-order valence-corrected chi connectivity index (χ0v) is 19.1. The number of nitrogens with one attached hydrogen (secondary N) is 1. The Bertz CT molecular complexity index is 749. The topological polar surface area (TPSA) is 66.5 Å². The van der Waals surface area contributed by atoms with E-state index in [4.69, 9.17) is 0 Å². The Kier molecular flexibility index (Phi) is 7.50. The summed E-state index contributed by atoms with van der Waals surface area (Å²) < 4.78 is 26.7. The number of carbonyl (C=O) groups is 1. The molecule has 0 radical (unpaired) electrons. The SMILES string of the molecule is CCS(=O)(=O)N1CCC(CNC(=O)c2c(C)cccc2Br)(CC(C)C)CC1. The van der Waals surface area contributed by atoms with Crippen LogP contribution in [0.5, 0.6) is 0 Å². The standard InChI is InChI=1S/C20H31BrN2O3S/c1-5-27(25,26)23-11-9-20(10-12-23,13-15(2)3)14-22-19(24)18-16(4)7-6-8-17(18)21/h6-8,15H,5,9-14H2,1-4H3,(H,22,24). The first-order valence-electron chi connectivity index (χ1n) is 9.61. The van der Waals surface area contributed by atoms with Crippen LogP contribution in [0.25, 0.3) is 0 Å². The van der Waals surface area contributed by atoms with Gasteiger partial charge < -0.3 is 5.32 Å². The summed E-state index contributed by atoms with van der Waals surface area (Å²) in [5, 5.41) is 3.13. The van der Waals surface area contributed by atoms with Crippen LogP contribution in [0.15, 0.2) is 22.7 Å². The summed E-state index contributed by atoms with van der Waals surface area (Å²) >= 11 is 3.47. The molecular formula is C20H31BrN2O3S. The maximum Gasteiger partial charge on any atom is 0.252 e. The fourth-order valence-corrected chi connectivity index (χ4v) is 5.77. The van der Waals surface area contributed by atoms with E-state index in [-0.39, 0.29) is 17.1 Å². The first kappa shape index (κ1) is 22.4. The van der Waals surface area contributed by atoms with Crippen molar-refractivity contribution in [1.29, 1.82) is 0 Å². The monoisotopic (exact) mass is 458 g/mol. The Balaban J connectivity index is 2.11. The van der Waals surface area contributed by atoms with Crippen molar-refractivity contribution in [2.75, 3.05) is 25.4 Å². The minimum Gasteiger partial charge on any atom is -0.351 e. The molecule has 0 atom stereocenters. The van der Waals surface area contributed by atoms with Crippen molar-refractivity contribution < 1.29 is 13.2 Å². The zero-order valence-electron chi connectivity index (χ0n) is 16.7. The van der Waals surface area contributed by atoms with Gasteiger partial charge in [-0.2, -0.15) is 0 Å². The van der Waals surface area contributed by atoms with Gasteiger partial charge in [-0.1, -0.05) is 26.0 Å². The molecule has 27 heavy (non-hydrogen) atoms. The number of benzene rings is 1. The third-order valence-electron chi connectivity index (χ3n) is 5.46. The molecule has 1 amide bonds. The molecule has 1 aromatic rings. The average Bonchev–Trinajstić information content (AvgIpc) is 2.60. The summed E-state index contributed by atoms with van der Waals surface area (Å²) in [4.78, 5) is 12.8. The summed E-state index contributed by atoms with van der Waals surface area (Å²) in [6, 6.07) is 5.72. The molecule has 0 spiro atoms. The molecule has 1 N–H and O–H groups in total. The fourth-order valence-electron chi connectivity index (χ4n) is 4.02. The van der Waals surface area contributed by atoms with E-state index < -0.39 is 10.0 Å². The van der Waals surface area contributed by atoms with Gasteiger partial charge in [0.25, 0.3) is 5.91 Å². The Hall–Kier alpha value is -0.920. The number of hydrogen-bond acceptors (Lipinski definition) is 3. The van der Waals surface area contributed by atoms with Crippen LogP contribution in [0, 0.1) is 18.3 Å². The molecule has 0 saturated carbocycles. The Morgan fingerprint density at radius 1 is 1.30 bits per heavy atom. The third kappa shape index (κ3) is 5.55. The van der Waals surface area contributed by atoms with E-state index in [1.54, 1.807) is 11.2 Å². The van der Waals surface area contributed by atoms with Gasteiger partial charge in [0.05, 0.1) is 11.3 Å². The summed E-state index contributed by atoms with van der Waals surface area (Å²) in [5.74, 6) is 0.551.